The molecule has 1 aromatic heterocycles. The second-order valence-electron chi connectivity index (χ2n) is 2.53. The number of ether oxygens (including phenoxy) is 1. The van der Waals surface area contributed by atoms with E-state index in [0.717, 1.165) is 30.5 Å². The number of aryl methyl sites for hydroxylation is 1. The molecule has 0 saturated heterocycles. The molecule has 0 aromatic carbocycles. The summed E-state index contributed by atoms with van der Waals surface area (Å²) in [7, 11) is 0. The minimum absolute atomic E-state index is 0.737. The first-order valence-electron chi connectivity index (χ1n) is 3.69. The van der Waals surface area contributed by atoms with Crippen molar-refractivity contribution in [2.24, 2.45) is 0 Å². The Bertz CT molecular complexity index is 231. The first-order valence-corrected chi connectivity index (χ1v) is 4.92. The molecule has 0 unspecified atom stereocenters. The average Bonchev–Trinajstić information content (AvgIpc) is 2.46. The number of rotatable bonds is 1. The zero-order chi connectivity index (χ0) is 7.68. The van der Waals surface area contributed by atoms with Gasteiger partial charge in [-0.05, 0) is 25.2 Å². The van der Waals surface area contributed by atoms with Gasteiger partial charge in [0.15, 0.2) is 5.09 Å². The van der Waals surface area contributed by atoms with Crippen molar-refractivity contribution in [3.05, 3.63) is 11.6 Å². The highest BCUT2D eigenvalue weighted by atomic mass is 32.2. The van der Waals surface area contributed by atoms with Gasteiger partial charge in [-0.3, -0.25) is 0 Å². The molecule has 3 heteroatoms. The zero-order valence-corrected chi connectivity index (χ0v) is 7.24. The van der Waals surface area contributed by atoms with Crippen LogP contribution in [0.1, 0.15) is 12.0 Å². The Labute approximate surface area is 69.9 Å². The Hall–Kier alpha value is -0.570. The molecule has 0 N–H and O–H groups in total. The fourth-order valence-corrected chi connectivity index (χ4v) is 1.63. The molecule has 11 heavy (non-hydrogen) atoms. The van der Waals surface area contributed by atoms with Crippen molar-refractivity contribution in [2.75, 3.05) is 12.9 Å². The molecule has 1 aliphatic heterocycles. The molecule has 60 valence electrons. The van der Waals surface area contributed by atoms with Gasteiger partial charge < -0.3 is 9.15 Å². The Kier molecular flexibility index (Phi) is 1.82. The predicted octanol–water partition coefficient (Wildman–Crippen LogP) is 2.33. The summed E-state index contributed by atoms with van der Waals surface area (Å²) in [5, 5.41) is 0.955. The minimum Gasteiger partial charge on any atom is -0.465 e. The minimum atomic E-state index is 0.737. The van der Waals surface area contributed by atoms with Crippen LogP contribution in [0.5, 0.6) is 5.95 Å². The quantitative estimate of drug-likeness (QED) is 0.604. The van der Waals surface area contributed by atoms with Crippen LogP contribution in [-0.4, -0.2) is 12.9 Å². The molecule has 1 aromatic rings. The first kappa shape index (κ1) is 7.10. The monoisotopic (exact) mass is 170 g/mol. The van der Waals surface area contributed by atoms with E-state index < -0.39 is 0 Å². The third kappa shape index (κ3) is 1.25. The molecular weight excluding hydrogens is 160 g/mol. The first-order chi connectivity index (χ1) is 5.40. The van der Waals surface area contributed by atoms with E-state index in [-0.39, 0.29) is 0 Å². The normalized spacial score (nSPS) is 15.7. The fraction of sp³-hybridized carbons (Fsp3) is 0.500. The van der Waals surface area contributed by atoms with Gasteiger partial charge in [0.05, 0.1) is 6.61 Å². The van der Waals surface area contributed by atoms with Crippen molar-refractivity contribution in [3.8, 4) is 5.95 Å². The Balaban J connectivity index is 2.32. The second kappa shape index (κ2) is 2.81. The van der Waals surface area contributed by atoms with Crippen molar-refractivity contribution in [3.63, 3.8) is 0 Å². The number of hydrogen-bond acceptors (Lipinski definition) is 3. The van der Waals surface area contributed by atoms with E-state index in [0.29, 0.717) is 0 Å². The molecule has 2 rings (SSSR count). The number of fused-ring (bicyclic) bond motifs is 1. The molecule has 0 spiro atoms. The summed E-state index contributed by atoms with van der Waals surface area (Å²) in [6, 6.07) is 2.07. The Morgan fingerprint density at radius 1 is 1.55 bits per heavy atom. The summed E-state index contributed by atoms with van der Waals surface area (Å²) in [4.78, 5) is 0. The lowest BCUT2D eigenvalue weighted by Gasteiger charge is -2.09. The van der Waals surface area contributed by atoms with Crippen molar-refractivity contribution in [2.45, 2.75) is 17.9 Å². The lowest BCUT2D eigenvalue weighted by molar-refractivity contribution is 0.207. The van der Waals surface area contributed by atoms with Crippen LogP contribution in [0.4, 0.5) is 0 Å². The zero-order valence-electron chi connectivity index (χ0n) is 6.42. The van der Waals surface area contributed by atoms with Gasteiger partial charge in [0, 0.05) is 5.56 Å². The number of hydrogen-bond donors (Lipinski definition) is 0. The van der Waals surface area contributed by atoms with Gasteiger partial charge in [-0.1, -0.05) is 11.8 Å². The Morgan fingerprint density at radius 2 is 2.45 bits per heavy atom. The van der Waals surface area contributed by atoms with Gasteiger partial charge in [-0.25, -0.2) is 0 Å². The standard InChI is InChI=1S/C8H10O2S/c1-11-7-5-6-3-2-4-9-8(6)10-7/h5H,2-4H2,1H3. The van der Waals surface area contributed by atoms with Gasteiger partial charge in [-0.2, -0.15) is 0 Å². The lowest BCUT2D eigenvalue weighted by atomic mass is 10.1. The van der Waals surface area contributed by atoms with Gasteiger partial charge in [0.1, 0.15) is 0 Å². The SMILES string of the molecule is CSc1cc2c(o1)OCCC2. The molecule has 0 saturated carbocycles. The van der Waals surface area contributed by atoms with E-state index in [1.807, 2.05) is 6.26 Å². The highest BCUT2D eigenvalue weighted by Crippen LogP contribution is 2.32. The van der Waals surface area contributed by atoms with Crippen molar-refractivity contribution < 1.29 is 9.15 Å². The number of furan rings is 1. The second-order valence-corrected chi connectivity index (χ2v) is 3.34. The Morgan fingerprint density at radius 3 is 3.18 bits per heavy atom. The van der Waals surface area contributed by atoms with E-state index in [2.05, 4.69) is 6.07 Å². The van der Waals surface area contributed by atoms with Crippen LogP contribution < -0.4 is 4.74 Å². The van der Waals surface area contributed by atoms with Crippen LogP contribution in [0, 0.1) is 0 Å². The highest BCUT2D eigenvalue weighted by molar-refractivity contribution is 7.98. The summed E-state index contributed by atoms with van der Waals surface area (Å²) >= 11 is 1.62. The van der Waals surface area contributed by atoms with Crippen molar-refractivity contribution in [1.29, 1.82) is 0 Å². The predicted molar refractivity (Wildman–Crippen MR) is 44.3 cm³/mol. The molecule has 0 atom stereocenters. The maximum Gasteiger partial charge on any atom is 0.288 e. The summed E-state index contributed by atoms with van der Waals surface area (Å²) in [5.74, 6) is 0.737. The van der Waals surface area contributed by atoms with E-state index in [4.69, 9.17) is 9.15 Å². The van der Waals surface area contributed by atoms with Gasteiger partial charge in [-0.15, -0.1) is 0 Å². The largest absolute Gasteiger partial charge is 0.465 e. The van der Waals surface area contributed by atoms with Gasteiger partial charge >= 0.3 is 0 Å². The smallest absolute Gasteiger partial charge is 0.288 e. The van der Waals surface area contributed by atoms with Crippen LogP contribution >= 0.6 is 11.8 Å². The molecule has 2 nitrogen and oxygen atoms in total. The van der Waals surface area contributed by atoms with Gasteiger partial charge in [0.25, 0.3) is 5.95 Å². The van der Waals surface area contributed by atoms with Crippen LogP contribution in [0.3, 0.4) is 0 Å². The van der Waals surface area contributed by atoms with Crippen molar-refractivity contribution >= 4 is 11.8 Å². The van der Waals surface area contributed by atoms with Crippen LogP contribution in [0.15, 0.2) is 15.6 Å². The molecule has 0 amide bonds. The summed E-state index contributed by atoms with van der Waals surface area (Å²) in [6.45, 7) is 0.800. The molecule has 0 aliphatic carbocycles. The van der Waals surface area contributed by atoms with E-state index in [9.17, 15) is 0 Å². The highest BCUT2D eigenvalue weighted by Gasteiger charge is 2.15. The maximum absolute atomic E-state index is 5.40. The molecule has 2 heterocycles. The van der Waals surface area contributed by atoms with E-state index in [1.165, 1.54) is 5.56 Å². The van der Waals surface area contributed by atoms with E-state index >= 15 is 0 Å². The summed E-state index contributed by atoms with van der Waals surface area (Å²) in [6.07, 6.45) is 4.21. The average molecular weight is 170 g/mol. The third-order valence-electron chi connectivity index (χ3n) is 1.77. The van der Waals surface area contributed by atoms with Gasteiger partial charge in [0.2, 0.25) is 0 Å². The summed E-state index contributed by atoms with van der Waals surface area (Å²) < 4.78 is 10.7. The lowest BCUT2D eigenvalue weighted by Crippen LogP contribution is -2.05. The summed E-state index contributed by atoms with van der Waals surface area (Å²) in [5.41, 5.74) is 1.22. The van der Waals surface area contributed by atoms with E-state index in [1.54, 1.807) is 11.8 Å². The van der Waals surface area contributed by atoms with Crippen LogP contribution in [0.2, 0.25) is 0 Å². The van der Waals surface area contributed by atoms with Crippen molar-refractivity contribution in [1.82, 2.24) is 0 Å². The van der Waals surface area contributed by atoms with Crippen LogP contribution in [-0.2, 0) is 6.42 Å². The molecule has 1 aliphatic rings. The third-order valence-corrected chi connectivity index (χ3v) is 2.38. The fourth-order valence-electron chi connectivity index (χ4n) is 1.21. The molecule has 0 bridgehead atoms. The molecule has 0 fully saturated rings. The van der Waals surface area contributed by atoms with Crippen LogP contribution in [0.25, 0.3) is 0 Å². The molecular formula is C8H10O2S. The topological polar surface area (TPSA) is 22.4 Å². The maximum atomic E-state index is 5.40. The molecule has 0 radical (unpaired) electrons. The number of thioether (sulfide) groups is 1.